The number of sulfonamides is 1. The number of benzene rings is 3. The minimum Gasteiger partial charge on any atom is -0.497 e. The summed E-state index contributed by atoms with van der Waals surface area (Å²) < 4.78 is 42.3. The van der Waals surface area contributed by atoms with Gasteiger partial charge in [0.15, 0.2) is 0 Å². The van der Waals surface area contributed by atoms with Crippen molar-refractivity contribution in [3.8, 4) is 17.2 Å². The molecule has 4 aromatic rings. The van der Waals surface area contributed by atoms with Crippen molar-refractivity contribution in [2.24, 2.45) is 5.10 Å². The molecule has 9 nitrogen and oxygen atoms in total. The number of aromatic nitrogens is 1. The molecule has 0 atom stereocenters. The van der Waals surface area contributed by atoms with Gasteiger partial charge in [0.05, 0.1) is 31.0 Å². The van der Waals surface area contributed by atoms with Crippen LogP contribution in [0.2, 0.25) is 0 Å². The minimum absolute atomic E-state index is 0.0391. The van der Waals surface area contributed by atoms with E-state index in [0.29, 0.717) is 5.75 Å². The molecule has 1 heterocycles. The van der Waals surface area contributed by atoms with Crippen LogP contribution in [0.5, 0.6) is 11.5 Å². The maximum Gasteiger partial charge on any atom is 0.264 e. The average molecular weight is 640 g/mol. The summed E-state index contributed by atoms with van der Waals surface area (Å²) in [5.74, 6) is 0.0831. The predicted molar refractivity (Wildman–Crippen MR) is 164 cm³/mol. The molecule has 1 amide bonds. The Bertz CT molecular complexity index is 1700. The van der Waals surface area contributed by atoms with E-state index in [1.807, 2.05) is 51.1 Å². The molecule has 0 bridgehead atoms. The third kappa shape index (κ3) is 6.63. The first kappa shape index (κ1) is 29.9. The van der Waals surface area contributed by atoms with Crippen molar-refractivity contribution in [3.63, 3.8) is 0 Å². The van der Waals surface area contributed by atoms with E-state index in [-0.39, 0.29) is 16.3 Å². The third-order valence-corrected chi connectivity index (χ3v) is 8.75. The fourth-order valence-corrected chi connectivity index (χ4v) is 6.22. The van der Waals surface area contributed by atoms with E-state index in [9.17, 15) is 13.2 Å². The lowest BCUT2D eigenvalue weighted by atomic mass is 10.2. The molecular formula is C30H31BrN4O5S. The Labute approximate surface area is 248 Å². The maximum absolute atomic E-state index is 13.8. The van der Waals surface area contributed by atoms with Crippen molar-refractivity contribution < 1.29 is 22.7 Å². The minimum atomic E-state index is -4.15. The summed E-state index contributed by atoms with van der Waals surface area (Å²) in [6, 6.07) is 21.0. The Kier molecular flexibility index (Phi) is 9.19. The molecule has 0 unspecified atom stereocenters. The summed E-state index contributed by atoms with van der Waals surface area (Å²) >= 11 is 3.51. The zero-order valence-corrected chi connectivity index (χ0v) is 25.8. The number of rotatable bonds is 10. The van der Waals surface area contributed by atoms with E-state index in [0.717, 1.165) is 37.0 Å². The highest BCUT2D eigenvalue weighted by atomic mass is 79.9. The van der Waals surface area contributed by atoms with Crippen LogP contribution >= 0.6 is 15.9 Å². The number of ether oxygens (including phenoxy) is 2. The fraction of sp³-hybridized carbons (Fsp3) is 0.200. The van der Waals surface area contributed by atoms with E-state index in [4.69, 9.17) is 9.47 Å². The average Bonchev–Trinajstić information content (AvgIpc) is 3.23. The van der Waals surface area contributed by atoms with Crippen LogP contribution in [-0.4, -0.2) is 45.9 Å². The number of nitrogens with one attached hydrogen (secondary N) is 1. The Hall–Kier alpha value is -4.09. The van der Waals surface area contributed by atoms with Gasteiger partial charge in [0.1, 0.15) is 18.0 Å². The Morgan fingerprint density at radius 3 is 2.39 bits per heavy atom. The standard InChI is InChI=1S/C30H31BrN4O5S/c1-20-9-12-27(13-10-20)41(37,38)34(28-14-11-26(39-4)17-29(28)40-5)19-30(36)33-32-18-23-15-21(2)35(22(23)3)25-8-6-7-24(31)16-25/h6-18H,19H2,1-5H3,(H,33,36)/b32-18-. The number of hydrazone groups is 1. The van der Waals surface area contributed by atoms with Gasteiger partial charge in [-0.2, -0.15) is 5.10 Å². The summed E-state index contributed by atoms with van der Waals surface area (Å²) in [5, 5.41) is 4.13. The molecule has 0 spiro atoms. The lowest BCUT2D eigenvalue weighted by Crippen LogP contribution is -2.39. The van der Waals surface area contributed by atoms with Crippen molar-refractivity contribution in [3.05, 3.63) is 99.8 Å². The van der Waals surface area contributed by atoms with Crippen LogP contribution in [0.25, 0.3) is 5.69 Å². The summed E-state index contributed by atoms with van der Waals surface area (Å²) in [5.41, 5.74) is 7.29. The van der Waals surface area contributed by atoms with Crippen LogP contribution in [-0.2, 0) is 14.8 Å². The Balaban J connectivity index is 1.61. The van der Waals surface area contributed by atoms with E-state index >= 15 is 0 Å². The molecule has 11 heteroatoms. The number of hydrogen-bond donors (Lipinski definition) is 1. The largest absolute Gasteiger partial charge is 0.497 e. The topological polar surface area (TPSA) is 102 Å². The molecule has 0 aliphatic carbocycles. The highest BCUT2D eigenvalue weighted by Gasteiger charge is 2.29. The second kappa shape index (κ2) is 12.6. The van der Waals surface area contributed by atoms with Crippen LogP contribution in [0.1, 0.15) is 22.5 Å². The van der Waals surface area contributed by atoms with Crippen molar-refractivity contribution in [1.82, 2.24) is 9.99 Å². The van der Waals surface area contributed by atoms with Crippen LogP contribution in [0.4, 0.5) is 5.69 Å². The summed E-state index contributed by atoms with van der Waals surface area (Å²) in [7, 11) is -1.23. The van der Waals surface area contributed by atoms with Crippen molar-refractivity contribution in [1.29, 1.82) is 0 Å². The first-order chi connectivity index (χ1) is 19.5. The van der Waals surface area contributed by atoms with E-state index < -0.39 is 22.5 Å². The van der Waals surface area contributed by atoms with Gasteiger partial charge in [-0.1, -0.05) is 39.7 Å². The normalized spacial score (nSPS) is 11.5. The monoisotopic (exact) mass is 638 g/mol. The van der Waals surface area contributed by atoms with E-state index in [1.54, 1.807) is 30.5 Å². The number of halogens is 1. The highest BCUT2D eigenvalue weighted by Crippen LogP contribution is 2.35. The van der Waals surface area contributed by atoms with Crippen LogP contribution in [0, 0.1) is 20.8 Å². The number of anilines is 1. The van der Waals surface area contributed by atoms with Gasteiger partial charge in [0.25, 0.3) is 15.9 Å². The van der Waals surface area contributed by atoms with Gasteiger partial charge < -0.3 is 14.0 Å². The fourth-order valence-electron chi connectivity index (χ4n) is 4.40. The van der Waals surface area contributed by atoms with Gasteiger partial charge in [-0.3, -0.25) is 9.10 Å². The lowest BCUT2D eigenvalue weighted by molar-refractivity contribution is -0.119. The zero-order valence-electron chi connectivity index (χ0n) is 23.4. The third-order valence-electron chi connectivity index (χ3n) is 6.48. The summed E-state index contributed by atoms with van der Waals surface area (Å²) in [6.07, 6.45) is 1.54. The molecule has 214 valence electrons. The number of nitrogens with zero attached hydrogens (tertiary/aromatic N) is 3. The van der Waals surface area contributed by atoms with Crippen LogP contribution < -0.4 is 19.2 Å². The summed E-state index contributed by atoms with van der Waals surface area (Å²) in [6.45, 7) is 5.28. The van der Waals surface area contributed by atoms with Gasteiger partial charge in [-0.05, 0) is 69.3 Å². The Morgan fingerprint density at radius 2 is 1.73 bits per heavy atom. The first-order valence-electron chi connectivity index (χ1n) is 12.6. The number of carbonyl (C=O) groups is 1. The first-order valence-corrected chi connectivity index (χ1v) is 14.9. The van der Waals surface area contributed by atoms with Crippen molar-refractivity contribution in [2.75, 3.05) is 25.1 Å². The SMILES string of the molecule is COc1ccc(N(CC(=O)N/N=C\c2cc(C)n(-c3cccc(Br)c3)c2C)S(=O)(=O)c2ccc(C)cc2)c(OC)c1. The number of amides is 1. The molecular weight excluding hydrogens is 608 g/mol. The zero-order chi connectivity index (χ0) is 29.7. The van der Waals surface area contributed by atoms with Gasteiger partial charge in [0, 0.05) is 33.2 Å². The molecule has 0 aliphatic rings. The van der Waals surface area contributed by atoms with Crippen molar-refractivity contribution in [2.45, 2.75) is 25.7 Å². The highest BCUT2D eigenvalue weighted by molar-refractivity contribution is 9.10. The van der Waals surface area contributed by atoms with E-state index in [2.05, 4.69) is 31.0 Å². The number of hydrogen-bond acceptors (Lipinski definition) is 6. The smallest absolute Gasteiger partial charge is 0.264 e. The van der Waals surface area contributed by atoms with Gasteiger partial charge >= 0.3 is 0 Å². The quantitative estimate of drug-likeness (QED) is 0.182. The molecule has 1 aromatic heterocycles. The van der Waals surface area contributed by atoms with Gasteiger partial charge in [-0.15, -0.1) is 0 Å². The molecule has 1 N–H and O–H groups in total. The predicted octanol–water partition coefficient (Wildman–Crippen LogP) is 5.53. The number of aryl methyl sites for hydroxylation is 2. The number of carbonyl (C=O) groups excluding carboxylic acids is 1. The summed E-state index contributed by atoms with van der Waals surface area (Å²) in [4.78, 5) is 13.1. The van der Waals surface area contributed by atoms with Gasteiger partial charge in [-0.25, -0.2) is 13.8 Å². The second-order valence-corrected chi connectivity index (χ2v) is 12.1. The second-order valence-electron chi connectivity index (χ2n) is 9.30. The van der Waals surface area contributed by atoms with E-state index in [1.165, 1.54) is 32.4 Å². The van der Waals surface area contributed by atoms with Crippen LogP contribution in [0.3, 0.4) is 0 Å². The molecule has 0 saturated carbocycles. The molecule has 4 rings (SSSR count). The molecule has 0 radical (unpaired) electrons. The van der Waals surface area contributed by atoms with Crippen molar-refractivity contribution >= 4 is 43.8 Å². The molecule has 0 fully saturated rings. The van der Waals surface area contributed by atoms with Gasteiger partial charge in [0.2, 0.25) is 0 Å². The maximum atomic E-state index is 13.8. The Morgan fingerprint density at radius 1 is 1.00 bits per heavy atom. The lowest BCUT2D eigenvalue weighted by Gasteiger charge is -2.25. The van der Waals surface area contributed by atoms with Crippen LogP contribution in [0.15, 0.2) is 87.3 Å². The molecule has 41 heavy (non-hydrogen) atoms. The molecule has 3 aromatic carbocycles. The molecule has 0 aliphatic heterocycles. The molecule has 0 saturated heterocycles. The number of methoxy groups -OCH3 is 2.